The van der Waals surface area contributed by atoms with Gasteiger partial charge in [-0.2, -0.15) is 5.10 Å². The summed E-state index contributed by atoms with van der Waals surface area (Å²) in [5, 5.41) is 10.2. The number of hydrogen-bond donors (Lipinski definition) is 2. The average molecular weight is 376 g/mol. The number of benzene rings is 1. The highest BCUT2D eigenvalue weighted by molar-refractivity contribution is 7.99. The molecule has 1 amide bonds. The molecule has 0 saturated carbocycles. The quantitative estimate of drug-likeness (QED) is 0.392. The van der Waals surface area contributed by atoms with E-state index >= 15 is 0 Å². The van der Waals surface area contributed by atoms with Crippen molar-refractivity contribution in [1.29, 1.82) is 0 Å². The van der Waals surface area contributed by atoms with Crippen molar-refractivity contribution in [3.05, 3.63) is 46.4 Å². The van der Waals surface area contributed by atoms with Crippen LogP contribution in [0.2, 0.25) is 0 Å². The van der Waals surface area contributed by atoms with Gasteiger partial charge in [0.25, 0.3) is 5.56 Å². The maximum Gasteiger partial charge on any atom is 0.340 e. The van der Waals surface area contributed by atoms with E-state index in [1.807, 2.05) is 0 Å². The number of ether oxygens (including phenoxy) is 1. The maximum atomic E-state index is 12.2. The van der Waals surface area contributed by atoms with Crippen LogP contribution >= 0.6 is 11.8 Å². The standard InChI is InChI=1S/C17H20N4O4S/c1-2-3-6-9-25-16(24)12-7-4-5-8-13(12)19-15(23)11-26-17-20-14(22)10-18-21-17/h4-5,7-8,10H,2-3,6,9,11H2,1H3,(H,19,23)(H,20,21,22). The van der Waals surface area contributed by atoms with Crippen molar-refractivity contribution < 1.29 is 14.3 Å². The third-order valence-electron chi connectivity index (χ3n) is 3.30. The van der Waals surface area contributed by atoms with Crippen LogP contribution in [0.4, 0.5) is 5.69 Å². The summed E-state index contributed by atoms with van der Waals surface area (Å²) in [5.74, 6) is -0.801. The number of anilines is 1. The molecule has 0 aliphatic carbocycles. The lowest BCUT2D eigenvalue weighted by Gasteiger charge is -2.10. The second-order valence-corrected chi connectivity index (χ2v) is 6.33. The van der Waals surface area contributed by atoms with Crippen molar-refractivity contribution in [3.8, 4) is 0 Å². The number of nitrogens with one attached hydrogen (secondary N) is 2. The molecule has 0 spiro atoms. The molecular weight excluding hydrogens is 356 g/mol. The second-order valence-electron chi connectivity index (χ2n) is 5.36. The number of aromatic amines is 1. The molecule has 0 aliphatic heterocycles. The molecule has 2 aromatic rings. The summed E-state index contributed by atoms with van der Waals surface area (Å²) in [4.78, 5) is 37.9. The molecule has 2 rings (SSSR count). The maximum absolute atomic E-state index is 12.2. The summed E-state index contributed by atoms with van der Waals surface area (Å²) in [7, 11) is 0. The Labute approximate surface area is 154 Å². The highest BCUT2D eigenvalue weighted by atomic mass is 32.2. The normalized spacial score (nSPS) is 10.3. The van der Waals surface area contributed by atoms with Crippen molar-refractivity contribution in [2.75, 3.05) is 17.7 Å². The van der Waals surface area contributed by atoms with Gasteiger partial charge in [-0.05, 0) is 18.6 Å². The molecule has 0 radical (unpaired) electrons. The predicted molar refractivity (Wildman–Crippen MR) is 98.3 cm³/mol. The lowest BCUT2D eigenvalue weighted by molar-refractivity contribution is -0.113. The van der Waals surface area contributed by atoms with E-state index in [1.165, 1.54) is 0 Å². The Balaban J connectivity index is 1.93. The largest absolute Gasteiger partial charge is 0.462 e. The van der Waals surface area contributed by atoms with E-state index in [1.54, 1.807) is 24.3 Å². The summed E-state index contributed by atoms with van der Waals surface area (Å²) < 4.78 is 5.24. The number of amides is 1. The minimum Gasteiger partial charge on any atom is -0.462 e. The van der Waals surface area contributed by atoms with Crippen LogP contribution in [0.15, 0.2) is 40.4 Å². The lowest BCUT2D eigenvalue weighted by Crippen LogP contribution is -2.18. The minimum absolute atomic E-state index is 0.00845. The zero-order chi connectivity index (χ0) is 18.8. The van der Waals surface area contributed by atoms with Crippen molar-refractivity contribution in [2.24, 2.45) is 0 Å². The van der Waals surface area contributed by atoms with Crippen molar-refractivity contribution in [1.82, 2.24) is 15.2 Å². The molecular formula is C17H20N4O4S. The minimum atomic E-state index is -0.470. The molecule has 0 saturated heterocycles. The number of aromatic nitrogens is 3. The van der Waals surface area contributed by atoms with Gasteiger partial charge < -0.3 is 10.1 Å². The second kappa shape index (κ2) is 10.3. The summed E-state index contributed by atoms with van der Waals surface area (Å²) in [6.45, 7) is 2.42. The first kappa shape index (κ1) is 19.6. The van der Waals surface area contributed by atoms with Crippen LogP contribution in [-0.2, 0) is 9.53 Å². The van der Waals surface area contributed by atoms with Gasteiger partial charge in [-0.15, -0.1) is 5.10 Å². The molecule has 0 aliphatic rings. The lowest BCUT2D eigenvalue weighted by atomic mass is 10.2. The molecule has 2 N–H and O–H groups in total. The van der Waals surface area contributed by atoms with E-state index in [0.717, 1.165) is 37.2 Å². The first-order valence-electron chi connectivity index (χ1n) is 8.21. The summed E-state index contributed by atoms with van der Waals surface area (Å²) in [6.07, 6.45) is 3.89. The van der Waals surface area contributed by atoms with Gasteiger partial charge in [0.05, 0.1) is 23.6 Å². The Kier molecular flexibility index (Phi) is 7.81. The zero-order valence-electron chi connectivity index (χ0n) is 14.4. The van der Waals surface area contributed by atoms with E-state index in [2.05, 4.69) is 27.4 Å². The van der Waals surface area contributed by atoms with E-state index in [9.17, 15) is 14.4 Å². The third-order valence-corrected chi connectivity index (χ3v) is 4.16. The van der Waals surface area contributed by atoms with Crippen molar-refractivity contribution in [3.63, 3.8) is 0 Å². The van der Waals surface area contributed by atoms with E-state index in [4.69, 9.17) is 4.74 Å². The number of hydrogen-bond acceptors (Lipinski definition) is 7. The summed E-state index contributed by atoms with van der Waals surface area (Å²) in [5.41, 5.74) is 0.292. The van der Waals surface area contributed by atoms with Crippen LogP contribution in [0.1, 0.15) is 36.5 Å². The molecule has 0 unspecified atom stereocenters. The summed E-state index contributed by atoms with van der Waals surface area (Å²) in [6, 6.07) is 6.66. The van der Waals surface area contributed by atoms with Gasteiger partial charge in [-0.3, -0.25) is 14.6 Å². The zero-order valence-corrected chi connectivity index (χ0v) is 15.2. The monoisotopic (exact) mass is 376 g/mol. The van der Waals surface area contributed by atoms with E-state index < -0.39 is 5.97 Å². The van der Waals surface area contributed by atoms with Gasteiger partial charge in [0, 0.05) is 0 Å². The molecule has 1 aromatic heterocycles. The van der Waals surface area contributed by atoms with Gasteiger partial charge in [0.15, 0.2) is 5.16 Å². The third kappa shape index (κ3) is 6.32. The highest BCUT2D eigenvalue weighted by Gasteiger charge is 2.14. The Morgan fingerprint density at radius 2 is 2.08 bits per heavy atom. The van der Waals surface area contributed by atoms with Crippen molar-refractivity contribution >= 4 is 29.3 Å². The Hall–Kier alpha value is -2.68. The van der Waals surface area contributed by atoms with Crippen LogP contribution in [0.5, 0.6) is 0 Å². The Morgan fingerprint density at radius 1 is 1.27 bits per heavy atom. The molecule has 8 nitrogen and oxygen atoms in total. The number of nitrogens with zero attached hydrogens (tertiary/aromatic N) is 2. The molecule has 26 heavy (non-hydrogen) atoms. The molecule has 0 fully saturated rings. The number of thioether (sulfide) groups is 1. The number of unbranched alkanes of at least 4 members (excludes halogenated alkanes) is 2. The average Bonchev–Trinajstić information content (AvgIpc) is 2.64. The number of rotatable bonds is 9. The number of para-hydroxylation sites is 1. The van der Waals surface area contributed by atoms with Crippen LogP contribution < -0.4 is 10.9 Å². The predicted octanol–water partition coefficient (Wildman–Crippen LogP) is 2.24. The SMILES string of the molecule is CCCCCOC(=O)c1ccccc1NC(=O)CSc1nncc(=O)[nH]1. The fourth-order valence-electron chi connectivity index (χ4n) is 2.05. The molecule has 9 heteroatoms. The summed E-state index contributed by atoms with van der Waals surface area (Å²) >= 11 is 1.04. The Bertz CT molecular complexity index is 809. The van der Waals surface area contributed by atoms with Gasteiger partial charge in [0.2, 0.25) is 5.91 Å². The smallest absolute Gasteiger partial charge is 0.340 e. The van der Waals surface area contributed by atoms with Crippen LogP contribution in [0.25, 0.3) is 0 Å². The van der Waals surface area contributed by atoms with Gasteiger partial charge in [0.1, 0.15) is 6.20 Å². The van der Waals surface area contributed by atoms with Crippen LogP contribution in [0, 0.1) is 0 Å². The van der Waals surface area contributed by atoms with Crippen molar-refractivity contribution in [2.45, 2.75) is 31.3 Å². The van der Waals surface area contributed by atoms with Gasteiger partial charge in [-0.1, -0.05) is 43.7 Å². The van der Waals surface area contributed by atoms with Gasteiger partial charge in [-0.25, -0.2) is 4.79 Å². The first-order chi connectivity index (χ1) is 12.6. The fourth-order valence-corrected chi connectivity index (χ4v) is 2.66. The molecule has 0 bridgehead atoms. The number of carbonyl (C=O) groups is 2. The van der Waals surface area contributed by atoms with Crippen LogP contribution in [-0.4, -0.2) is 39.4 Å². The molecule has 138 valence electrons. The highest BCUT2D eigenvalue weighted by Crippen LogP contribution is 2.18. The molecule has 0 atom stereocenters. The fraction of sp³-hybridized carbons (Fsp3) is 0.353. The number of H-pyrrole nitrogens is 1. The Morgan fingerprint density at radius 3 is 2.85 bits per heavy atom. The van der Waals surface area contributed by atoms with Gasteiger partial charge >= 0.3 is 5.97 Å². The first-order valence-corrected chi connectivity index (χ1v) is 9.19. The van der Waals surface area contributed by atoms with Crippen LogP contribution in [0.3, 0.4) is 0 Å². The molecule has 1 heterocycles. The van der Waals surface area contributed by atoms with E-state index in [-0.39, 0.29) is 22.4 Å². The number of carbonyl (C=O) groups excluding carboxylic acids is 2. The van der Waals surface area contributed by atoms with E-state index in [0.29, 0.717) is 17.9 Å². The number of esters is 1. The topological polar surface area (TPSA) is 114 Å². The molecule has 1 aromatic carbocycles.